The van der Waals surface area contributed by atoms with Crippen molar-refractivity contribution in [1.82, 2.24) is 0 Å². The number of ketones is 1. The number of hydrogen-bond donors (Lipinski definition) is 1. The molecule has 1 aromatic rings. The molecule has 9 nitrogen and oxygen atoms in total. The summed E-state index contributed by atoms with van der Waals surface area (Å²) in [6.45, 7) is 8.85. The third-order valence-corrected chi connectivity index (χ3v) is 10.1. The zero-order valence-corrected chi connectivity index (χ0v) is 22.7. The molecular weight excluding hydrogens is 492 g/mol. The van der Waals surface area contributed by atoms with E-state index in [1.54, 1.807) is 18.6 Å². The molecule has 3 fully saturated rings. The molecule has 206 valence electrons. The number of fused-ring (bicyclic) bond motifs is 6. The molecule has 9 atom stereocenters. The van der Waals surface area contributed by atoms with Gasteiger partial charge in [-0.15, -0.1) is 0 Å². The predicted molar refractivity (Wildman–Crippen MR) is 132 cm³/mol. The van der Waals surface area contributed by atoms with Gasteiger partial charge in [-0.05, 0) is 30.7 Å². The van der Waals surface area contributed by atoms with Crippen LogP contribution in [0.4, 0.5) is 0 Å². The van der Waals surface area contributed by atoms with Crippen LogP contribution in [0.5, 0.6) is 0 Å². The zero-order valence-electron chi connectivity index (χ0n) is 22.7. The smallest absolute Gasteiger partial charge is 0.335 e. The maximum Gasteiger partial charge on any atom is 0.335 e. The van der Waals surface area contributed by atoms with Crippen LogP contribution < -0.4 is 0 Å². The number of carbonyl (C=O) groups excluding carboxylic acids is 4. The third-order valence-electron chi connectivity index (χ3n) is 10.1. The van der Waals surface area contributed by atoms with Crippen LogP contribution in [0.1, 0.15) is 65.5 Å². The quantitative estimate of drug-likeness (QED) is 0.354. The van der Waals surface area contributed by atoms with E-state index in [-0.39, 0.29) is 30.0 Å². The Balaban J connectivity index is 1.69. The highest BCUT2D eigenvalue weighted by Crippen LogP contribution is 2.68. The van der Waals surface area contributed by atoms with Crippen molar-refractivity contribution >= 4 is 23.7 Å². The molecule has 9 heteroatoms. The normalized spacial score (nSPS) is 40.1. The first-order valence-corrected chi connectivity index (χ1v) is 13.2. The van der Waals surface area contributed by atoms with E-state index in [4.69, 9.17) is 18.6 Å². The molecule has 2 bridgehead atoms. The molecule has 5 rings (SSSR count). The van der Waals surface area contributed by atoms with Gasteiger partial charge in [-0.1, -0.05) is 39.3 Å². The van der Waals surface area contributed by atoms with E-state index >= 15 is 0 Å². The van der Waals surface area contributed by atoms with Crippen molar-refractivity contribution in [3.63, 3.8) is 0 Å². The molecule has 1 N–H and O–H groups in total. The number of aliphatic hydroxyl groups is 1. The summed E-state index contributed by atoms with van der Waals surface area (Å²) in [5.74, 6) is -4.13. The van der Waals surface area contributed by atoms with Crippen LogP contribution in [0.25, 0.3) is 0 Å². The molecule has 1 aliphatic heterocycles. The molecule has 0 unspecified atom stereocenters. The van der Waals surface area contributed by atoms with Gasteiger partial charge in [0.05, 0.1) is 32.0 Å². The third kappa shape index (κ3) is 3.53. The number of rotatable bonds is 4. The van der Waals surface area contributed by atoms with Gasteiger partial charge in [-0.2, -0.15) is 0 Å². The van der Waals surface area contributed by atoms with Crippen LogP contribution in [-0.2, 0) is 33.4 Å². The number of ether oxygens (including phenoxy) is 3. The highest BCUT2D eigenvalue weighted by atomic mass is 16.6. The van der Waals surface area contributed by atoms with Gasteiger partial charge in [0.2, 0.25) is 0 Å². The van der Waals surface area contributed by atoms with Crippen molar-refractivity contribution in [3.05, 3.63) is 35.8 Å². The maximum absolute atomic E-state index is 14.2. The van der Waals surface area contributed by atoms with E-state index in [0.717, 1.165) is 11.1 Å². The van der Waals surface area contributed by atoms with Crippen LogP contribution in [0, 0.1) is 39.9 Å². The van der Waals surface area contributed by atoms with Gasteiger partial charge >= 0.3 is 17.9 Å². The summed E-state index contributed by atoms with van der Waals surface area (Å²) < 4.78 is 21.9. The summed E-state index contributed by atoms with van der Waals surface area (Å²) in [4.78, 5) is 52.1. The number of methoxy groups -OCH3 is 1. The Hall–Kier alpha value is -2.94. The maximum atomic E-state index is 14.2. The van der Waals surface area contributed by atoms with E-state index < -0.39 is 58.3 Å². The molecular formula is C29H36O9. The van der Waals surface area contributed by atoms with E-state index in [9.17, 15) is 24.3 Å². The van der Waals surface area contributed by atoms with Gasteiger partial charge in [0.1, 0.15) is 18.0 Å². The van der Waals surface area contributed by atoms with Gasteiger partial charge in [0.25, 0.3) is 0 Å². The summed E-state index contributed by atoms with van der Waals surface area (Å²) in [5.41, 5.74) is -0.851. The number of cyclic esters (lactones) is 1. The Kier molecular flexibility index (Phi) is 6.17. The number of aliphatic hydroxyl groups excluding tert-OH is 1. The van der Waals surface area contributed by atoms with E-state index in [0.29, 0.717) is 12.8 Å². The van der Waals surface area contributed by atoms with E-state index in [1.807, 2.05) is 26.8 Å². The SMILES string of the molecule is COC(=O)[C@H](O)[C@H]1C(C)(C)[C@H](OC(C)=O)[C@@H]2C=C3[C@@H]4CC(=O)O[C@@H](c5ccoc5)[C@]4(C)CC[C@@H]3[C@@]1(C)C2=O. The van der Waals surface area contributed by atoms with Gasteiger partial charge < -0.3 is 23.7 Å². The number of furan rings is 1. The highest BCUT2D eigenvalue weighted by Gasteiger charge is 2.70. The first-order chi connectivity index (χ1) is 17.8. The standard InChI is InChI=1S/C29H36O9/c1-14(30)37-25-17-11-16-18(29(5,23(17)33)22(27(25,2)3)21(32)26(34)35-6)7-9-28(4)19(16)12-20(31)38-24(28)15-8-10-36-13-15/h8,10-11,13,17-19,21-22,24-25,32H,7,9,12H2,1-6H3/t17-,18+,19+,21-,22+,24+,25-,28-,29-/m1/s1. The average molecular weight is 529 g/mol. The first kappa shape index (κ1) is 26.7. The average Bonchev–Trinajstić information content (AvgIpc) is 3.38. The largest absolute Gasteiger partial charge is 0.472 e. The van der Waals surface area contributed by atoms with Crippen LogP contribution >= 0.6 is 0 Å². The molecule has 4 aliphatic rings. The Morgan fingerprint density at radius 2 is 1.87 bits per heavy atom. The lowest BCUT2D eigenvalue weighted by Crippen LogP contribution is -2.69. The summed E-state index contributed by atoms with van der Waals surface area (Å²) in [6, 6.07) is 1.80. The van der Waals surface area contributed by atoms with Crippen molar-refractivity contribution in [2.45, 2.75) is 72.2 Å². The molecule has 0 aromatic carbocycles. The minimum Gasteiger partial charge on any atom is -0.472 e. The molecule has 1 aromatic heterocycles. The molecule has 0 amide bonds. The lowest BCUT2D eigenvalue weighted by Gasteiger charge is -2.64. The van der Waals surface area contributed by atoms with Crippen molar-refractivity contribution < 1.29 is 42.9 Å². The minimum absolute atomic E-state index is 0.149. The van der Waals surface area contributed by atoms with Crippen LogP contribution in [0.3, 0.4) is 0 Å². The second-order valence-electron chi connectivity index (χ2n) is 12.4. The topological polar surface area (TPSA) is 129 Å². The Bertz CT molecular complexity index is 1200. The second-order valence-corrected chi connectivity index (χ2v) is 12.4. The lowest BCUT2D eigenvalue weighted by molar-refractivity contribution is -0.209. The molecule has 38 heavy (non-hydrogen) atoms. The van der Waals surface area contributed by atoms with Crippen LogP contribution in [0.15, 0.2) is 34.7 Å². The number of esters is 3. The molecule has 2 heterocycles. The van der Waals surface area contributed by atoms with Crippen molar-refractivity contribution in [2.24, 2.45) is 39.9 Å². The number of carbonyl (C=O) groups is 4. The van der Waals surface area contributed by atoms with Gasteiger partial charge in [0.15, 0.2) is 6.10 Å². The Labute approximate surface area is 221 Å². The number of allylic oxidation sites excluding steroid dienone is 1. The Morgan fingerprint density at radius 3 is 2.47 bits per heavy atom. The van der Waals surface area contributed by atoms with Crippen LogP contribution in [0.2, 0.25) is 0 Å². The molecule has 0 radical (unpaired) electrons. The minimum atomic E-state index is -1.61. The fourth-order valence-corrected chi connectivity index (χ4v) is 8.53. The van der Waals surface area contributed by atoms with Gasteiger partial charge in [-0.3, -0.25) is 14.4 Å². The second kappa shape index (κ2) is 8.79. The van der Waals surface area contributed by atoms with E-state index in [2.05, 4.69) is 6.92 Å². The fourth-order valence-electron chi connectivity index (χ4n) is 8.53. The summed E-state index contributed by atoms with van der Waals surface area (Å²) in [6.07, 6.45) is 3.43. The molecule has 2 saturated carbocycles. The summed E-state index contributed by atoms with van der Waals surface area (Å²) in [5, 5.41) is 11.3. The van der Waals surface area contributed by atoms with Gasteiger partial charge in [0, 0.05) is 34.7 Å². The van der Waals surface area contributed by atoms with Crippen LogP contribution in [-0.4, -0.2) is 48.1 Å². The number of hydrogen-bond acceptors (Lipinski definition) is 9. The van der Waals surface area contributed by atoms with Gasteiger partial charge in [-0.25, -0.2) is 4.79 Å². The highest BCUT2D eigenvalue weighted by molar-refractivity contribution is 5.94. The Morgan fingerprint density at radius 1 is 1.16 bits per heavy atom. The lowest BCUT2D eigenvalue weighted by atomic mass is 9.40. The fraction of sp³-hybridized carbons (Fsp3) is 0.655. The summed E-state index contributed by atoms with van der Waals surface area (Å²) in [7, 11) is 1.19. The van der Waals surface area contributed by atoms with Crippen molar-refractivity contribution in [3.8, 4) is 0 Å². The van der Waals surface area contributed by atoms with E-state index in [1.165, 1.54) is 14.0 Å². The molecule has 0 spiro atoms. The monoisotopic (exact) mass is 528 g/mol. The molecule has 3 aliphatic carbocycles. The first-order valence-electron chi connectivity index (χ1n) is 13.2. The molecule has 1 saturated heterocycles. The summed E-state index contributed by atoms with van der Waals surface area (Å²) >= 11 is 0. The predicted octanol–water partition coefficient (Wildman–Crippen LogP) is 3.55. The van der Waals surface area contributed by atoms with Crippen molar-refractivity contribution in [2.75, 3.05) is 7.11 Å². The number of Topliss-reactive ketones (excluding diaryl/α,β-unsaturated/α-hetero) is 1. The zero-order chi connectivity index (χ0) is 27.8. The van der Waals surface area contributed by atoms with Crippen molar-refractivity contribution in [1.29, 1.82) is 0 Å².